The molecule has 0 aliphatic rings. The van der Waals surface area contributed by atoms with E-state index in [9.17, 15) is 4.79 Å². The molecule has 0 spiro atoms. The van der Waals surface area contributed by atoms with Crippen LogP contribution >= 0.6 is 0 Å². The van der Waals surface area contributed by atoms with Crippen molar-refractivity contribution >= 4 is 5.91 Å². The zero-order chi connectivity index (χ0) is 12.2. The van der Waals surface area contributed by atoms with Crippen LogP contribution in [0.25, 0.3) is 0 Å². The fraction of sp³-hybridized carbons (Fsp3) is 0.583. The minimum absolute atomic E-state index is 0.0502. The van der Waals surface area contributed by atoms with Gasteiger partial charge in [0.25, 0.3) is 0 Å². The summed E-state index contributed by atoms with van der Waals surface area (Å²) in [4.78, 5) is 13.6. The summed E-state index contributed by atoms with van der Waals surface area (Å²) in [5, 5.41) is 0. The molecule has 0 aliphatic heterocycles. The van der Waals surface area contributed by atoms with Gasteiger partial charge in [0.1, 0.15) is 5.76 Å². The highest BCUT2D eigenvalue weighted by atomic mass is 16.3. The number of likely N-dealkylation sites (N-methyl/N-ethyl adjacent to an activating group) is 1. The number of hydrogen-bond donors (Lipinski definition) is 1. The molecule has 1 atom stereocenters. The van der Waals surface area contributed by atoms with Gasteiger partial charge in [-0.15, -0.1) is 0 Å². The second-order valence-electron chi connectivity index (χ2n) is 4.41. The Kier molecular flexibility index (Phi) is 4.12. The van der Waals surface area contributed by atoms with Gasteiger partial charge in [-0.1, -0.05) is 13.3 Å². The highest BCUT2D eigenvalue weighted by Gasteiger charge is 2.30. The molecule has 0 aromatic carbocycles. The van der Waals surface area contributed by atoms with E-state index in [1.165, 1.54) is 0 Å². The summed E-state index contributed by atoms with van der Waals surface area (Å²) in [6.45, 7) is 4.25. The molecule has 16 heavy (non-hydrogen) atoms. The van der Waals surface area contributed by atoms with E-state index < -0.39 is 5.54 Å². The molecule has 0 aliphatic carbocycles. The number of furan rings is 1. The summed E-state index contributed by atoms with van der Waals surface area (Å²) >= 11 is 0. The van der Waals surface area contributed by atoms with Crippen LogP contribution in [0.4, 0.5) is 0 Å². The Morgan fingerprint density at radius 2 is 2.31 bits per heavy atom. The molecule has 1 heterocycles. The molecular weight excluding hydrogens is 204 g/mol. The van der Waals surface area contributed by atoms with Crippen molar-refractivity contribution in [1.82, 2.24) is 4.90 Å². The van der Waals surface area contributed by atoms with Crippen molar-refractivity contribution in [3.63, 3.8) is 0 Å². The second kappa shape index (κ2) is 5.16. The van der Waals surface area contributed by atoms with Gasteiger partial charge in [0.05, 0.1) is 18.3 Å². The van der Waals surface area contributed by atoms with Crippen LogP contribution in [0.2, 0.25) is 0 Å². The molecule has 2 N–H and O–H groups in total. The summed E-state index contributed by atoms with van der Waals surface area (Å²) in [7, 11) is 1.74. The van der Waals surface area contributed by atoms with Gasteiger partial charge in [0.15, 0.2) is 0 Å². The third kappa shape index (κ3) is 3.10. The van der Waals surface area contributed by atoms with E-state index in [0.29, 0.717) is 13.0 Å². The summed E-state index contributed by atoms with van der Waals surface area (Å²) < 4.78 is 5.19. The molecule has 4 nitrogen and oxygen atoms in total. The highest BCUT2D eigenvalue weighted by molar-refractivity contribution is 5.85. The Bertz CT molecular complexity index is 331. The molecule has 4 heteroatoms. The lowest BCUT2D eigenvalue weighted by Crippen LogP contribution is -2.51. The summed E-state index contributed by atoms with van der Waals surface area (Å²) in [5.41, 5.74) is 5.20. The molecule has 0 fully saturated rings. The van der Waals surface area contributed by atoms with E-state index in [1.54, 1.807) is 31.2 Å². The van der Waals surface area contributed by atoms with Gasteiger partial charge in [0.2, 0.25) is 5.91 Å². The summed E-state index contributed by atoms with van der Waals surface area (Å²) in [6, 6.07) is 3.65. The Morgan fingerprint density at radius 3 is 2.81 bits per heavy atom. The van der Waals surface area contributed by atoms with E-state index in [0.717, 1.165) is 12.2 Å². The smallest absolute Gasteiger partial charge is 0.242 e. The van der Waals surface area contributed by atoms with Gasteiger partial charge in [-0.05, 0) is 25.5 Å². The molecule has 0 bridgehead atoms. The molecule has 0 radical (unpaired) electrons. The first kappa shape index (κ1) is 12.8. The fourth-order valence-corrected chi connectivity index (χ4v) is 1.77. The number of hydrogen-bond acceptors (Lipinski definition) is 3. The van der Waals surface area contributed by atoms with E-state index in [2.05, 4.69) is 0 Å². The average Bonchev–Trinajstić information content (AvgIpc) is 2.69. The van der Waals surface area contributed by atoms with Crippen LogP contribution in [0.1, 0.15) is 32.4 Å². The van der Waals surface area contributed by atoms with Crippen molar-refractivity contribution in [2.24, 2.45) is 5.73 Å². The van der Waals surface area contributed by atoms with E-state index in [-0.39, 0.29) is 5.91 Å². The minimum atomic E-state index is -0.782. The lowest BCUT2D eigenvalue weighted by atomic mass is 9.96. The Morgan fingerprint density at radius 1 is 1.62 bits per heavy atom. The molecule has 0 saturated carbocycles. The van der Waals surface area contributed by atoms with Crippen LogP contribution in [-0.4, -0.2) is 23.4 Å². The van der Waals surface area contributed by atoms with Crippen molar-refractivity contribution < 1.29 is 9.21 Å². The standard InChI is InChI=1S/C12H20N2O2/c1-4-7-12(2,13)11(15)14(3)9-10-6-5-8-16-10/h5-6,8H,4,7,9,13H2,1-3H3. The molecule has 1 aromatic heterocycles. The van der Waals surface area contributed by atoms with Crippen molar-refractivity contribution in [2.45, 2.75) is 38.8 Å². The lowest BCUT2D eigenvalue weighted by molar-refractivity contribution is -0.136. The number of nitrogens with two attached hydrogens (primary N) is 1. The first-order valence-corrected chi connectivity index (χ1v) is 5.54. The van der Waals surface area contributed by atoms with Crippen LogP contribution < -0.4 is 5.73 Å². The minimum Gasteiger partial charge on any atom is -0.467 e. The van der Waals surface area contributed by atoms with Crippen molar-refractivity contribution in [1.29, 1.82) is 0 Å². The van der Waals surface area contributed by atoms with Crippen LogP contribution in [0.15, 0.2) is 22.8 Å². The number of carbonyl (C=O) groups excluding carboxylic acids is 1. The maximum atomic E-state index is 12.0. The Labute approximate surface area is 96.4 Å². The predicted molar refractivity (Wildman–Crippen MR) is 62.7 cm³/mol. The van der Waals surface area contributed by atoms with Gasteiger partial charge in [-0.25, -0.2) is 0 Å². The molecule has 90 valence electrons. The van der Waals surface area contributed by atoms with Crippen LogP contribution in [0, 0.1) is 0 Å². The first-order chi connectivity index (χ1) is 7.47. The quantitative estimate of drug-likeness (QED) is 0.829. The Hall–Kier alpha value is -1.29. The zero-order valence-electron chi connectivity index (χ0n) is 10.2. The van der Waals surface area contributed by atoms with Gasteiger partial charge < -0.3 is 15.1 Å². The Balaban J connectivity index is 2.60. The SMILES string of the molecule is CCCC(C)(N)C(=O)N(C)Cc1ccco1. The van der Waals surface area contributed by atoms with E-state index in [4.69, 9.17) is 10.2 Å². The van der Waals surface area contributed by atoms with Gasteiger partial charge >= 0.3 is 0 Å². The second-order valence-corrected chi connectivity index (χ2v) is 4.41. The third-order valence-electron chi connectivity index (χ3n) is 2.58. The molecule has 1 aromatic rings. The third-order valence-corrected chi connectivity index (χ3v) is 2.58. The molecular formula is C12H20N2O2. The van der Waals surface area contributed by atoms with Gasteiger partial charge in [-0.3, -0.25) is 4.79 Å². The monoisotopic (exact) mass is 224 g/mol. The van der Waals surface area contributed by atoms with E-state index in [1.807, 2.05) is 13.0 Å². The molecule has 1 unspecified atom stereocenters. The summed E-state index contributed by atoms with van der Waals surface area (Å²) in [6.07, 6.45) is 3.18. The average molecular weight is 224 g/mol. The lowest BCUT2D eigenvalue weighted by Gasteiger charge is -2.28. The van der Waals surface area contributed by atoms with Crippen LogP contribution in [-0.2, 0) is 11.3 Å². The van der Waals surface area contributed by atoms with Crippen LogP contribution in [0.3, 0.4) is 0 Å². The van der Waals surface area contributed by atoms with Crippen LogP contribution in [0.5, 0.6) is 0 Å². The topological polar surface area (TPSA) is 59.5 Å². The molecule has 1 amide bonds. The fourth-order valence-electron chi connectivity index (χ4n) is 1.77. The predicted octanol–water partition coefficient (Wildman–Crippen LogP) is 1.76. The van der Waals surface area contributed by atoms with Crippen molar-refractivity contribution in [2.75, 3.05) is 7.05 Å². The van der Waals surface area contributed by atoms with Crippen molar-refractivity contribution in [3.8, 4) is 0 Å². The number of rotatable bonds is 5. The normalized spacial score (nSPS) is 14.5. The maximum absolute atomic E-state index is 12.0. The van der Waals surface area contributed by atoms with Gasteiger partial charge in [-0.2, -0.15) is 0 Å². The van der Waals surface area contributed by atoms with Crippen molar-refractivity contribution in [3.05, 3.63) is 24.2 Å². The largest absolute Gasteiger partial charge is 0.467 e. The molecule has 0 saturated heterocycles. The number of nitrogens with zero attached hydrogens (tertiary/aromatic N) is 1. The highest BCUT2D eigenvalue weighted by Crippen LogP contribution is 2.14. The van der Waals surface area contributed by atoms with E-state index >= 15 is 0 Å². The van der Waals surface area contributed by atoms with Gasteiger partial charge in [0, 0.05) is 7.05 Å². The summed E-state index contributed by atoms with van der Waals surface area (Å²) in [5.74, 6) is 0.717. The number of carbonyl (C=O) groups is 1. The first-order valence-electron chi connectivity index (χ1n) is 5.54. The zero-order valence-corrected chi connectivity index (χ0v) is 10.2. The molecule has 1 rings (SSSR count). The maximum Gasteiger partial charge on any atom is 0.242 e. The number of amides is 1.